The van der Waals surface area contributed by atoms with Crippen molar-refractivity contribution in [3.8, 4) is 0 Å². The molecule has 0 radical (unpaired) electrons. The van der Waals surface area contributed by atoms with Gasteiger partial charge in [0.05, 0.1) is 25.4 Å². The fourth-order valence-electron chi connectivity index (χ4n) is 5.57. The van der Waals surface area contributed by atoms with E-state index >= 15 is 8.78 Å². The lowest BCUT2D eigenvalue weighted by Crippen LogP contribution is -2.54. The third-order valence-corrected chi connectivity index (χ3v) is 7.34. The normalized spacial score (nSPS) is 20.6. The quantitative estimate of drug-likeness (QED) is 0.357. The number of aliphatic hydroxyl groups excluding tert-OH is 1. The molecule has 0 amide bonds. The summed E-state index contributed by atoms with van der Waals surface area (Å²) in [6.45, 7) is 2.12. The predicted molar refractivity (Wildman–Crippen MR) is 133 cm³/mol. The zero-order chi connectivity index (χ0) is 26.3. The van der Waals surface area contributed by atoms with E-state index < -0.39 is 35.8 Å². The van der Waals surface area contributed by atoms with Crippen LogP contribution in [0.4, 0.5) is 27.6 Å². The molecular weight excluding hydrogens is 491 g/mol. The molecule has 0 spiro atoms. The summed E-state index contributed by atoms with van der Waals surface area (Å²) >= 11 is 0. The topological polar surface area (TPSA) is 54.5 Å². The first-order valence-corrected chi connectivity index (χ1v) is 12.6. The summed E-state index contributed by atoms with van der Waals surface area (Å²) in [5, 5.41) is 13.3. The highest BCUT2D eigenvalue weighted by Gasteiger charge is 2.39. The molecule has 3 N–H and O–H groups in total. The minimum Gasteiger partial charge on any atom is -0.393 e. The number of nitrogens with zero attached hydrogens (tertiary/aromatic N) is 2. The number of H-pyrrole nitrogens is 1. The second-order valence-corrected chi connectivity index (χ2v) is 10.4. The van der Waals surface area contributed by atoms with Gasteiger partial charge in [-0.3, -0.25) is 14.2 Å². The average Bonchev–Trinajstić information content (AvgIpc) is 3.18. The lowest BCUT2D eigenvalue weighted by molar-refractivity contribution is 0.0336. The molecule has 3 heterocycles. The molecule has 2 atom stereocenters. The number of halogens is 5. The van der Waals surface area contributed by atoms with Crippen LogP contribution in [0.5, 0.6) is 0 Å². The number of hydrogen-bond donors (Lipinski definition) is 3. The van der Waals surface area contributed by atoms with Gasteiger partial charge in [-0.25, -0.2) is 17.6 Å². The SMILES string of the molecule is C[C@@](F)(CO)CN1CCc2c([nH]c3ccc(F)cc23)[C@@H]1c1c(F)cc(NC2CN(CCCF)C2)cc1F. The highest BCUT2D eigenvalue weighted by molar-refractivity contribution is 5.85. The molecule has 2 aromatic carbocycles. The van der Waals surface area contributed by atoms with E-state index in [1.54, 1.807) is 11.0 Å². The third-order valence-electron chi connectivity index (χ3n) is 7.34. The summed E-state index contributed by atoms with van der Waals surface area (Å²) in [5.41, 5.74) is -0.0671. The largest absolute Gasteiger partial charge is 0.393 e. The molecule has 3 aromatic rings. The molecule has 200 valence electrons. The summed E-state index contributed by atoms with van der Waals surface area (Å²) in [5.74, 6) is -1.99. The Bertz CT molecular complexity index is 1250. The van der Waals surface area contributed by atoms with E-state index in [-0.39, 0.29) is 31.4 Å². The molecule has 37 heavy (non-hydrogen) atoms. The first kappa shape index (κ1) is 25.9. The first-order chi connectivity index (χ1) is 17.7. The molecule has 10 heteroatoms. The van der Waals surface area contributed by atoms with Crippen LogP contribution in [-0.2, 0) is 6.42 Å². The number of fused-ring (bicyclic) bond motifs is 3. The second-order valence-electron chi connectivity index (χ2n) is 10.4. The lowest BCUT2D eigenvalue weighted by atomic mass is 9.90. The van der Waals surface area contributed by atoms with Crippen molar-refractivity contribution < 1.29 is 27.1 Å². The van der Waals surface area contributed by atoms with Crippen LogP contribution in [0.1, 0.15) is 36.2 Å². The Morgan fingerprint density at radius 1 is 1.14 bits per heavy atom. The van der Waals surface area contributed by atoms with Crippen molar-refractivity contribution in [1.29, 1.82) is 0 Å². The van der Waals surface area contributed by atoms with Crippen molar-refractivity contribution in [2.75, 3.05) is 51.3 Å². The summed E-state index contributed by atoms with van der Waals surface area (Å²) in [6.07, 6.45) is 0.888. The van der Waals surface area contributed by atoms with Gasteiger partial charge in [-0.15, -0.1) is 0 Å². The van der Waals surface area contributed by atoms with Gasteiger partial charge in [-0.05, 0) is 55.7 Å². The Kier molecular flexibility index (Phi) is 7.17. The number of aromatic nitrogens is 1. The number of alkyl halides is 2. The van der Waals surface area contributed by atoms with Gasteiger partial charge in [0.25, 0.3) is 0 Å². The van der Waals surface area contributed by atoms with Crippen LogP contribution >= 0.6 is 0 Å². The molecular formula is C27H31F5N4O. The van der Waals surface area contributed by atoms with Gasteiger partial charge < -0.3 is 15.4 Å². The number of aromatic amines is 1. The van der Waals surface area contributed by atoms with Crippen LogP contribution in [0.3, 0.4) is 0 Å². The maximum absolute atomic E-state index is 15.6. The fourth-order valence-corrected chi connectivity index (χ4v) is 5.57. The van der Waals surface area contributed by atoms with Crippen LogP contribution < -0.4 is 5.32 Å². The zero-order valence-electron chi connectivity index (χ0n) is 20.6. The average molecular weight is 523 g/mol. The van der Waals surface area contributed by atoms with Crippen LogP contribution in [0.15, 0.2) is 30.3 Å². The van der Waals surface area contributed by atoms with E-state index in [1.807, 2.05) is 0 Å². The van der Waals surface area contributed by atoms with E-state index in [9.17, 15) is 18.3 Å². The Balaban J connectivity index is 1.48. The molecule has 0 aliphatic carbocycles. The molecule has 1 fully saturated rings. The van der Waals surface area contributed by atoms with Crippen LogP contribution in [0, 0.1) is 17.5 Å². The Morgan fingerprint density at radius 2 is 1.86 bits per heavy atom. The molecule has 0 bridgehead atoms. The Morgan fingerprint density at radius 3 is 2.54 bits per heavy atom. The van der Waals surface area contributed by atoms with Crippen LogP contribution in [0.25, 0.3) is 10.9 Å². The van der Waals surface area contributed by atoms with Crippen molar-refractivity contribution in [2.45, 2.75) is 37.5 Å². The predicted octanol–water partition coefficient (Wildman–Crippen LogP) is 4.71. The summed E-state index contributed by atoms with van der Waals surface area (Å²) in [7, 11) is 0. The summed E-state index contributed by atoms with van der Waals surface area (Å²) < 4.78 is 72.6. The number of anilines is 1. The van der Waals surface area contributed by atoms with E-state index in [0.29, 0.717) is 54.8 Å². The second kappa shape index (κ2) is 10.2. The monoisotopic (exact) mass is 522 g/mol. The number of likely N-dealkylation sites (tertiary alicyclic amines) is 1. The Hall–Kier alpha value is -2.69. The third kappa shape index (κ3) is 5.19. The first-order valence-electron chi connectivity index (χ1n) is 12.6. The number of nitrogens with one attached hydrogen (secondary N) is 2. The number of aliphatic hydroxyl groups is 1. The summed E-state index contributed by atoms with van der Waals surface area (Å²) in [4.78, 5) is 6.87. The zero-order valence-corrected chi connectivity index (χ0v) is 20.6. The van der Waals surface area contributed by atoms with E-state index in [0.717, 1.165) is 5.56 Å². The van der Waals surface area contributed by atoms with Gasteiger partial charge in [-0.2, -0.15) is 0 Å². The highest BCUT2D eigenvalue weighted by atomic mass is 19.2. The maximum Gasteiger partial charge on any atom is 0.143 e. The highest BCUT2D eigenvalue weighted by Crippen LogP contribution is 2.42. The maximum atomic E-state index is 15.6. The minimum atomic E-state index is -1.99. The fraction of sp³-hybridized carbons (Fsp3) is 0.481. The smallest absolute Gasteiger partial charge is 0.143 e. The molecule has 1 saturated heterocycles. The van der Waals surface area contributed by atoms with Gasteiger partial charge in [-0.1, -0.05) is 0 Å². The van der Waals surface area contributed by atoms with E-state index in [4.69, 9.17) is 0 Å². The van der Waals surface area contributed by atoms with Crippen molar-refractivity contribution in [1.82, 2.24) is 14.8 Å². The molecule has 0 saturated carbocycles. The van der Waals surface area contributed by atoms with Gasteiger partial charge in [0.1, 0.15) is 23.1 Å². The Labute approximate surface area is 212 Å². The number of rotatable bonds is 9. The van der Waals surface area contributed by atoms with E-state index in [2.05, 4.69) is 15.2 Å². The van der Waals surface area contributed by atoms with Crippen molar-refractivity contribution in [3.63, 3.8) is 0 Å². The minimum absolute atomic E-state index is 0.00226. The van der Waals surface area contributed by atoms with Gasteiger partial charge in [0.2, 0.25) is 0 Å². The molecule has 1 aromatic heterocycles. The van der Waals surface area contributed by atoms with Gasteiger partial charge in [0, 0.05) is 60.6 Å². The van der Waals surface area contributed by atoms with E-state index in [1.165, 1.54) is 31.2 Å². The van der Waals surface area contributed by atoms with Crippen molar-refractivity contribution >= 4 is 16.6 Å². The molecule has 2 aliphatic rings. The number of hydrogen-bond acceptors (Lipinski definition) is 4. The van der Waals surface area contributed by atoms with Crippen LogP contribution in [0.2, 0.25) is 0 Å². The van der Waals surface area contributed by atoms with Gasteiger partial charge >= 0.3 is 0 Å². The molecule has 5 rings (SSSR count). The molecule has 0 unspecified atom stereocenters. The summed E-state index contributed by atoms with van der Waals surface area (Å²) in [6, 6.07) is 5.75. The lowest BCUT2D eigenvalue weighted by Gasteiger charge is -2.40. The van der Waals surface area contributed by atoms with Gasteiger partial charge in [0.15, 0.2) is 0 Å². The standard InChI is InChI=1S/C27H31F5N4O/c1-27(32,15-37)14-36-8-5-19-20-9-16(29)3-4-23(20)34-25(19)26(36)24-21(30)10-17(11-22(24)31)33-18-12-35(13-18)7-2-6-28/h3-4,9-11,18,26,33-34,37H,2,5-8,12-15H2,1H3/t26-,27-/m0/s1. The van der Waals surface area contributed by atoms with Crippen molar-refractivity contribution in [3.05, 3.63) is 64.6 Å². The van der Waals surface area contributed by atoms with Crippen molar-refractivity contribution in [2.24, 2.45) is 0 Å². The van der Waals surface area contributed by atoms with Crippen LogP contribution in [-0.4, -0.2) is 77.6 Å². The molecule has 5 nitrogen and oxygen atoms in total. The number of benzene rings is 2. The molecule has 2 aliphatic heterocycles.